The van der Waals surface area contributed by atoms with Crippen LogP contribution in [0.5, 0.6) is 0 Å². The second-order valence-corrected chi connectivity index (χ2v) is 5.30. The summed E-state index contributed by atoms with van der Waals surface area (Å²) in [6.07, 6.45) is 0.728. The van der Waals surface area contributed by atoms with E-state index in [-0.39, 0.29) is 12.0 Å². The molecule has 0 aliphatic carbocycles. The Morgan fingerprint density at radius 3 is 3.12 bits per heavy atom. The van der Waals surface area contributed by atoms with Crippen LogP contribution in [0.15, 0.2) is 24.3 Å². The first-order chi connectivity index (χ1) is 8.29. The number of carbonyl (C=O) groups excluding carboxylic acids is 1. The molecule has 3 rings (SSSR count). The summed E-state index contributed by atoms with van der Waals surface area (Å²) in [5.74, 6) is -0.175. The van der Waals surface area contributed by atoms with Crippen LogP contribution in [-0.4, -0.2) is 19.1 Å². The molecule has 88 valence electrons. The molecule has 17 heavy (non-hydrogen) atoms. The lowest BCUT2D eigenvalue weighted by Crippen LogP contribution is -2.41. The molecule has 0 fully saturated rings. The fraction of sp³-hybridized carbons (Fsp3) is 0.308. The maximum absolute atomic E-state index is 11.6. The van der Waals surface area contributed by atoms with Gasteiger partial charge in [0.15, 0.2) is 0 Å². The van der Waals surface area contributed by atoms with Crippen LogP contribution < -0.4 is 5.32 Å². The minimum Gasteiger partial charge on any atom is -0.468 e. The van der Waals surface area contributed by atoms with Gasteiger partial charge in [0.05, 0.1) is 7.11 Å². The van der Waals surface area contributed by atoms with Gasteiger partial charge in [0.2, 0.25) is 0 Å². The largest absolute Gasteiger partial charge is 0.468 e. The Morgan fingerprint density at radius 1 is 1.47 bits per heavy atom. The molecular formula is C13H13NO2S. The zero-order valence-corrected chi connectivity index (χ0v) is 10.3. The van der Waals surface area contributed by atoms with Gasteiger partial charge in [0.25, 0.3) is 0 Å². The Kier molecular flexibility index (Phi) is 2.61. The molecule has 1 aromatic heterocycles. The van der Waals surface area contributed by atoms with Gasteiger partial charge >= 0.3 is 5.97 Å². The normalized spacial score (nSPS) is 19.0. The highest BCUT2D eigenvalue weighted by Gasteiger charge is 2.27. The Balaban J connectivity index is 2.03. The Morgan fingerprint density at radius 2 is 2.29 bits per heavy atom. The number of methoxy groups -OCH3 is 1. The molecule has 4 heteroatoms. The Bertz CT molecular complexity index is 576. The summed E-state index contributed by atoms with van der Waals surface area (Å²) >= 11 is 1.81. The number of thiophene rings is 1. The quantitative estimate of drug-likeness (QED) is 0.784. The van der Waals surface area contributed by atoms with Gasteiger partial charge < -0.3 is 4.74 Å². The Labute approximate surface area is 103 Å². The minimum absolute atomic E-state index is 0.175. The molecule has 2 aromatic rings. The SMILES string of the molecule is COC(=O)C1Cc2c(sc3ccccc23)CN1. The predicted molar refractivity (Wildman–Crippen MR) is 68.2 cm³/mol. The zero-order valence-electron chi connectivity index (χ0n) is 9.53. The predicted octanol–water partition coefficient (Wildman–Crippen LogP) is 2.09. The summed E-state index contributed by atoms with van der Waals surface area (Å²) in [6.45, 7) is 0.758. The molecule has 1 aliphatic heterocycles. The summed E-state index contributed by atoms with van der Waals surface area (Å²) in [5.41, 5.74) is 1.31. The van der Waals surface area contributed by atoms with Crippen molar-refractivity contribution in [3.8, 4) is 0 Å². The van der Waals surface area contributed by atoms with Crippen LogP contribution in [-0.2, 0) is 22.5 Å². The van der Waals surface area contributed by atoms with E-state index in [9.17, 15) is 4.79 Å². The van der Waals surface area contributed by atoms with Crippen LogP contribution >= 0.6 is 11.3 Å². The maximum atomic E-state index is 11.6. The molecule has 0 amide bonds. The number of nitrogens with one attached hydrogen (secondary N) is 1. The number of hydrogen-bond acceptors (Lipinski definition) is 4. The summed E-state index contributed by atoms with van der Waals surface area (Å²) in [7, 11) is 1.44. The molecule has 0 bridgehead atoms. The van der Waals surface area contributed by atoms with Gasteiger partial charge in [-0.25, -0.2) is 0 Å². The Hall–Kier alpha value is -1.39. The van der Waals surface area contributed by atoms with Crippen molar-refractivity contribution in [2.75, 3.05) is 7.11 Å². The van der Waals surface area contributed by atoms with E-state index in [1.54, 1.807) is 11.3 Å². The van der Waals surface area contributed by atoms with E-state index < -0.39 is 0 Å². The first-order valence-corrected chi connectivity index (χ1v) is 6.41. The van der Waals surface area contributed by atoms with Crippen molar-refractivity contribution in [1.82, 2.24) is 5.32 Å². The van der Waals surface area contributed by atoms with Crippen molar-refractivity contribution in [1.29, 1.82) is 0 Å². The molecule has 1 aromatic carbocycles. The number of fused-ring (bicyclic) bond motifs is 3. The van der Waals surface area contributed by atoms with Crippen LogP contribution in [0.1, 0.15) is 10.4 Å². The first-order valence-electron chi connectivity index (χ1n) is 5.60. The fourth-order valence-electron chi connectivity index (χ4n) is 2.32. The standard InChI is InChI=1S/C13H13NO2S/c1-16-13(15)10-6-9-8-4-2-3-5-11(8)17-12(9)7-14-10/h2-5,10,14H,6-7H2,1H3. The van der Waals surface area contributed by atoms with Crippen LogP contribution in [0, 0.1) is 0 Å². The van der Waals surface area contributed by atoms with Gasteiger partial charge in [-0.05, 0) is 17.0 Å². The first kappa shape index (κ1) is 10.7. The minimum atomic E-state index is -0.203. The van der Waals surface area contributed by atoms with E-state index in [0.717, 1.165) is 13.0 Å². The maximum Gasteiger partial charge on any atom is 0.323 e. The van der Waals surface area contributed by atoms with Gasteiger partial charge in [-0.3, -0.25) is 10.1 Å². The van der Waals surface area contributed by atoms with E-state index in [4.69, 9.17) is 4.74 Å². The molecule has 0 radical (unpaired) electrons. The van der Waals surface area contributed by atoms with Crippen LogP contribution in [0.4, 0.5) is 0 Å². The average molecular weight is 247 g/mol. The highest BCUT2D eigenvalue weighted by molar-refractivity contribution is 7.19. The summed E-state index contributed by atoms with van der Waals surface area (Å²) in [6, 6.07) is 8.15. The summed E-state index contributed by atoms with van der Waals surface area (Å²) in [5, 5.41) is 4.50. The molecule has 1 atom stereocenters. The fourth-order valence-corrected chi connectivity index (χ4v) is 3.50. The van der Waals surface area contributed by atoms with Crippen molar-refractivity contribution in [3.05, 3.63) is 34.7 Å². The molecule has 0 spiro atoms. The van der Waals surface area contributed by atoms with E-state index in [1.807, 2.05) is 6.07 Å². The number of carbonyl (C=O) groups is 1. The molecule has 0 saturated heterocycles. The number of rotatable bonds is 1. The number of ether oxygens (including phenoxy) is 1. The molecule has 1 aliphatic rings. The zero-order chi connectivity index (χ0) is 11.8. The third-order valence-corrected chi connectivity index (χ3v) is 4.40. The molecular weight excluding hydrogens is 234 g/mol. The molecule has 1 unspecified atom stereocenters. The second-order valence-electron chi connectivity index (χ2n) is 4.16. The average Bonchev–Trinajstić information content (AvgIpc) is 2.75. The van der Waals surface area contributed by atoms with Crippen molar-refractivity contribution in [2.45, 2.75) is 19.0 Å². The van der Waals surface area contributed by atoms with Gasteiger partial charge in [0.1, 0.15) is 6.04 Å². The third kappa shape index (κ3) is 1.73. The topological polar surface area (TPSA) is 38.3 Å². The lowest BCUT2D eigenvalue weighted by atomic mass is 9.99. The van der Waals surface area contributed by atoms with E-state index >= 15 is 0 Å². The van der Waals surface area contributed by atoms with Crippen LogP contribution in [0.3, 0.4) is 0 Å². The van der Waals surface area contributed by atoms with Crippen molar-refractivity contribution in [2.24, 2.45) is 0 Å². The molecule has 2 heterocycles. The van der Waals surface area contributed by atoms with Gasteiger partial charge in [-0.1, -0.05) is 18.2 Å². The number of benzene rings is 1. The molecule has 0 saturated carbocycles. The second kappa shape index (κ2) is 4.13. The smallest absolute Gasteiger partial charge is 0.323 e. The van der Waals surface area contributed by atoms with Crippen molar-refractivity contribution in [3.63, 3.8) is 0 Å². The molecule has 3 nitrogen and oxygen atoms in total. The van der Waals surface area contributed by atoms with Gasteiger partial charge in [-0.2, -0.15) is 0 Å². The van der Waals surface area contributed by atoms with E-state index in [0.29, 0.717) is 0 Å². The number of hydrogen-bond donors (Lipinski definition) is 1. The summed E-state index contributed by atoms with van der Waals surface area (Å²) in [4.78, 5) is 12.9. The monoisotopic (exact) mass is 247 g/mol. The third-order valence-electron chi connectivity index (χ3n) is 3.18. The number of esters is 1. The van der Waals surface area contributed by atoms with Gasteiger partial charge in [-0.15, -0.1) is 11.3 Å². The van der Waals surface area contributed by atoms with Crippen molar-refractivity contribution >= 4 is 27.4 Å². The van der Waals surface area contributed by atoms with Crippen molar-refractivity contribution < 1.29 is 9.53 Å². The molecule has 1 N–H and O–H groups in total. The lowest BCUT2D eigenvalue weighted by molar-refractivity contribution is -0.143. The van der Waals surface area contributed by atoms with E-state index in [2.05, 4.69) is 23.5 Å². The van der Waals surface area contributed by atoms with Crippen LogP contribution in [0.2, 0.25) is 0 Å². The van der Waals surface area contributed by atoms with Gasteiger partial charge in [0, 0.05) is 22.5 Å². The highest BCUT2D eigenvalue weighted by Crippen LogP contribution is 2.34. The van der Waals surface area contributed by atoms with E-state index in [1.165, 1.54) is 27.6 Å². The summed E-state index contributed by atoms with van der Waals surface area (Å²) < 4.78 is 6.09. The highest BCUT2D eigenvalue weighted by atomic mass is 32.1. The lowest BCUT2D eigenvalue weighted by Gasteiger charge is -2.21. The van der Waals surface area contributed by atoms with Crippen LogP contribution in [0.25, 0.3) is 10.1 Å².